The van der Waals surface area contributed by atoms with Crippen LogP contribution in [0.3, 0.4) is 0 Å². The Hall–Kier alpha value is -0.115. The average Bonchev–Trinajstić information content (AvgIpc) is 1.90. The third kappa shape index (κ3) is 4.35. The molecule has 2 nitrogen and oxygen atoms in total. The minimum Gasteiger partial charge on any atom is -0.547 e. The van der Waals surface area contributed by atoms with E-state index in [1.807, 2.05) is 0 Å². The van der Waals surface area contributed by atoms with Crippen molar-refractivity contribution in [3.8, 4) is 0 Å². The molecular weight excluding hydrogens is 130 g/mol. The van der Waals surface area contributed by atoms with Crippen LogP contribution in [0, 0.1) is 6.07 Å². The molecule has 0 unspecified atom stereocenters. The van der Waals surface area contributed by atoms with Gasteiger partial charge in [0.05, 0.1) is 0 Å². The Morgan fingerprint density at radius 1 is 1.27 bits per heavy atom. The predicted octanol–water partition coefficient (Wildman–Crippen LogP) is -6.14. The number of carbonyl (C=O) groups excluding carboxylic acids is 1. The normalized spacial score (nSPS) is 7.27. The van der Waals surface area contributed by atoms with Crippen LogP contribution in [0.2, 0.25) is 0 Å². The molecule has 0 heterocycles. The van der Waals surface area contributed by atoms with E-state index in [0.717, 1.165) is 0 Å². The van der Waals surface area contributed by atoms with Gasteiger partial charge in [0.1, 0.15) is 0 Å². The third-order valence-electron chi connectivity index (χ3n) is 0.954. The summed E-state index contributed by atoms with van der Waals surface area (Å²) in [6.45, 7) is 0. The standard InChI is InChI=1S/C7H5O2.2Li/c8-7(9)6-4-2-1-3-5-6;;/h2-5H,(H,8,9);;/q-1;2*+1/p-1. The molecule has 0 spiro atoms. The molecule has 0 aliphatic carbocycles. The second-order valence-corrected chi connectivity index (χ2v) is 1.58. The van der Waals surface area contributed by atoms with Crippen LogP contribution < -0.4 is 42.8 Å². The van der Waals surface area contributed by atoms with Gasteiger partial charge in [-0.3, -0.25) is 0 Å². The van der Waals surface area contributed by atoms with Crippen LogP contribution in [-0.2, 0) is 0 Å². The molecule has 0 N–H and O–H groups in total. The van der Waals surface area contributed by atoms with Crippen LogP contribution in [0.1, 0.15) is 10.4 Å². The van der Waals surface area contributed by atoms with Crippen molar-refractivity contribution < 1.29 is 47.6 Å². The topological polar surface area (TPSA) is 40.1 Å². The Labute approximate surface area is 89.3 Å². The molecular formula is C7H4Li2O2. The van der Waals surface area contributed by atoms with Gasteiger partial charge in [-0.15, -0.1) is 5.56 Å². The number of hydrogen-bond acceptors (Lipinski definition) is 2. The van der Waals surface area contributed by atoms with E-state index >= 15 is 0 Å². The second-order valence-electron chi connectivity index (χ2n) is 1.58. The van der Waals surface area contributed by atoms with Crippen molar-refractivity contribution in [3.63, 3.8) is 0 Å². The minimum absolute atomic E-state index is 0. The van der Waals surface area contributed by atoms with Crippen molar-refractivity contribution in [1.29, 1.82) is 0 Å². The maximum Gasteiger partial charge on any atom is 1.00 e. The fourth-order valence-corrected chi connectivity index (χ4v) is 0.523. The van der Waals surface area contributed by atoms with Gasteiger partial charge in [-0.05, 0) is 0 Å². The first-order chi connectivity index (χ1) is 4.30. The van der Waals surface area contributed by atoms with E-state index < -0.39 is 5.97 Å². The molecule has 0 fully saturated rings. The summed E-state index contributed by atoms with van der Waals surface area (Å²) in [6, 6.07) is 8.64. The first kappa shape index (κ1) is 13.5. The first-order valence-electron chi connectivity index (χ1n) is 2.48. The molecule has 0 aromatic heterocycles. The van der Waals surface area contributed by atoms with Crippen LogP contribution in [0.4, 0.5) is 0 Å². The number of rotatable bonds is 1. The largest absolute Gasteiger partial charge is 1.00 e. The van der Waals surface area contributed by atoms with Crippen LogP contribution in [-0.4, -0.2) is 5.97 Å². The van der Waals surface area contributed by atoms with E-state index in [9.17, 15) is 9.90 Å². The molecule has 1 aromatic carbocycles. The Balaban J connectivity index is 0. The zero-order valence-electron chi connectivity index (χ0n) is 6.63. The summed E-state index contributed by atoms with van der Waals surface area (Å²) in [4.78, 5) is 10.1. The van der Waals surface area contributed by atoms with Crippen molar-refractivity contribution in [2.75, 3.05) is 0 Å². The molecule has 0 saturated heterocycles. The van der Waals surface area contributed by atoms with Gasteiger partial charge in [0.2, 0.25) is 0 Å². The summed E-state index contributed by atoms with van der Waals surface area (Å²) in [7, 11) is 0. The van der Waals surface area contributed by atoms with Crippen LogP contribution >= 0.6 is 0 Å². The SMILES string of the molecule is O=C([O-])c1cc[c-]cc1.[Li+].[Li+]. The van der Waals surface area contributed by atoms with E-state index in [0.29, 0.717) is 0 Å². The molecule has 11 heavy (non-hydrogen) atoms. The Bertz CT molecular complexity index is 211. The first-order valence-corrected chi connectivity index (χ1v) is 2.48. The molecule has 0 bridgehead atoms. The molecule has 0 saturated carbocycles. The zero-order valence-corrected chi connectivity index (χ0v) is 6.63. The fraction of sp³-hybridized carbons (Fsp3) is 0. The smallest absolute Gasteiger partial charge is 0.547 e. The number of hydrogen-bond donors (Lipinski definition) is 0. The zero-order chi connectivity index (χ0) is 6.69. The minimum atomic E-state index is -1.15. The van der Waals surface area contributed by atoms with E-state index in [1.54, 1.807) is 0 Å². The van der Waals surface area contributed by atoms with Gasteiger partial charge < -0.3 is 9.90 Å². The Morgan fingerprint density at radius 2 is 1.73 bits per heavy atom. The van der Waals surface area contributed by atoms with Crippen molar-refractivity contribution in [2.24, 2.45) is 0 Å². The predicted molar refractivity (Wildman–Crippen MR) is 29.6 cm³/mol. The number of carboxylic acid groups (broad SMARTS) is 1. The van der Waals surface area contributed by atoms with E-state index in [-0.39, 0.29) is 43.3 Å². The van der Waals surface area contributed by atoms with Crippen molar-refractivity contribution >= 4 is 5.97 Å². The van der Waals surface area contributed by atoms with Crippen LogP contribution in [0.5, 0.6) is 0 Å². The van der Waals surface area contributed by atoms with Crippen molar-refractivity contribution in [3.05, 3.63) is 35.9 Å². The summed E-state index contributed by atoms with van der Waals surface area (Å²) in [5, 5.41) is 10.1. The second kappa shape index (κ2) is 6.59. The number of carbonyl (C=O) groups is 1. The molecule has 1 aromatic rings. The van der Waals surface area contributed by atoms with E-state index in [4.69, 9.17) is 0 Å². The molecule has 0 amide bonds. The summed E-state index contributed by atoms with van der Waals surface area (Å²) in [6.07, 6.45) is 0. The number of carboxylic acids is 1. The molecule has 0 aliphatic heterocycles. The Kier molecular flexibility index (Phi) is 8.07. The van der Waals surface area contributed by atoms with Gasteiger partial charge >= 0.3 is 37.7 Å². The van der Waals surface area contributed by atoms with Gasteiger partial charge in [0.25, 0.3) is 0 Å². The van der Waals surface area contributed by atoms with Crippen molar-refractivity contribution in [2.45, 2.75) is 0 Å². The van der Waals surface area contributed by atoms with Gasteiger partial charge in [-0.2, -0.15) is 30.3 Å². The number of aromatic carboxylic acids is 1. The molecule has 1 rings (SSSR count). The third-order valence-corrected chi connectivity index (χ3v) is 0.954. The fourth-order valence-electron chi connectivity index (χ4n) is 0.523. The maximum atomic E-state index is 10.1. The summed E-state index contributed by atoms with van der Waals surface area (Å²) < 4.78 is 0. The molecule has 0 radical (unpaired) electrons. The van der Waals surface area contributed by atoms with E-state index in [2.05, 4.69) is 6.07 Å². The maximum absolute atomic E-state index is 10.1. The average molecular weight is 134 g/mol. The van der Waals surface area contributed by atoms with Crippen molar-refractivity contribution in [1.82, 2.24) is 0 Å². The molecule has 0 atom stereocenters. The molecule has 46 valence electrons. The summed E-state index contributed by atoms with van der Waals surface area (Å²) in [5.41, 5.74) is 0.189. The molecule has 0 aliphatic rings. The van der Waals surface area contributed by atoms with Gasteiger partial charge in [0, 0.05) is 5.97 Å². The number of benzene rings is 1. The van der Waals surface area contributed by atoms with Crippen LogP contribution in [0.25, 0.3) is 0 Å². The Morgan fingerprint density at radius 3 is 2.00 bits per heavy atom. The van der Waals surface area contributed by atoms with Gasteiger partial charge in [-0.1, -0.05) is 0 Å². The monoisotopic (exact) mass is 134 g/mol. The van der Waals surface area contributed by atoms with Gasteiger partial charge in [0.15, 0.2) is 0 Å². The van der Waals surface area contributed by atoms with Crippen LogP contribution in [0.15, 0.2) is 24.3 Å². The summed E-state index contributed by atoms with van der Waals surface area (Å²) in [5.74, 6) is -1.15. The quantitative estimate of drug-likeness (QED) is 0.283. The van der Waals surface area contributed by atoms with Gasteiger partial charge in [-0.25, -0.2) is 0 Å². The van der Waals surface area contributed by atoms with E-state index in [1.165, 1.54) is 24.3 Å². The summed E-state index contributed by atoms with van der Waals surface area (Å²) >= 11 is 0. The molecule has 4 heteroatoms.